The number of halogens is 2. The van der Waals surface area contributed by atoms with Gasteiger partial charge in [0.15, 0.2) is 11.6 Å². The van der Waals surface area contributed by atoms with Gasteiger partial charge in [0.25, 0.3) is 0 Å². The van der Waals surface area contributed by atoms with Crippen LogP contribution >= 0.6 is 11.8 Å². The Hall–Kier alpha value is -1.47. The van der Waals surface area contributed by atoms with Crippen molar-refractivity contribution in [3.05, 3.63) is 65.2 Å². The molecule has 3 rings (SSSR count). The first-order valence-electron chi connectivity index (χ1n) is 8.74. The molecular weight excluding hydrogens is 354 g/mol. The van der Waals surface area contributed by atoms with Crippen LogP contribution in [0.15, 0.2) is 47.4 Å². The third-order valence-electron chi connectivity index (χ3n) is 4.99. The van der Waals surface area contributed by atoms with Gasteiger partial charge in [-0.1, -0.05) is 18.2 Å². The molecule has 2 aromatic rings. The van der Waals surface area contributed by atoms with Crippen molar-refractivity contribution in [3.63, 3.8) is 0 Å². The highest BCUT2D eigenvalue weighted by atomic mass is 32.2. The minimum atomic E-state index is -0.853. The first-order chi connectivity index (χ1) is 12.5. The standard InChI is InChI=1S/C20H24F2N2OS/c1-26-15-4-2-3-13(9-15)20(14-5-6-16(21)17(22)10-14)24-11-12-7-18(23)19(25)8-12/h2-6,9-10,12,18-20,24-25H,7-8,11,23H2,1H3/t12-,18+,19+,20?/m1/s1. The average molecular weight is 378 g/mol. The van der Waals surface area contributed by atoms with Crippen LogP contribution < -0.4 is 11.1 Å². The number of hydrogen-bond donors (Lipinski definition) is 3. The topological polar surface area (TPSA) is 58.3 Å². The molecule has 2 aromatic carbocycles. The predicted octanol–water partition coefficient (Wildman–Crippen LogP) is 3.46. The summed E-state index contributed by atoms with van der Waals surface area (Å²) >= 11 is 1.63. The number of aliphatic hydroxyl groups is 1. The Balaban J connectivity index is 1.84. The number of benzene rings is 2. The Morgan fingerprint density at radius 3 is 2.58 bits per heavy atom. The predicted molar refractivity (Wildman–Crippen MR) is 101 cm³/mol. The SMILES string of the molecule is CSc1cccc(C(NC[C@@H]2C[C@H](N)[C@@H](O)C2)c2ccc(F)c(F)c2)c1. The van der Waals surface area contributed by atoms with E-state index in [0.717, 1.165) is 22.9 Å². The first kappa shape index (κ1) is 19.3. The molecule has 4 atom stereocenters. The molecule has 0 bridgehead atoms. The number of nitrogens with two attached hydrogens (primary N) is 1. The van der Waals surface area contributed by atoms with Crippen LogP contribution in [-0.2, 0) is 0 Å². The molecule has 0 radical (unpaired) electrons. The van der Waals surface area contributed by atoms with Gasteiger partial charge in [0.05, 0.1) is 12.1 Å². The van der Waals surface area contributed by atoms with Crippen molar-refractivity contribution in [1.82, 2.24) is 5.32 Å². The van der Waals surface area contributed by atoms with Gasteiger partial charge in [-0.2, -0.15) is 0 Å². The van der Waals surface area contributed by atoms with Crippen LogP contribution in [0.3, 0.4) is 0 Å². The molecule has 26 heavy (non-hydrogen) atoms. The van der Waals surface area contributed by atoms with Gasteiger partial charge in [-0.3, -0.25) is 0 Å². The minimum absolute atomic E-state index is 0.191. The average Bonchev–Trinajstić information content (AvgIpc) is 2.96. The van der Waals surface area contributed by atoms with E-state index in [2.05, 4.69) is 11.4 Å². The molecule has 1 aliphatic rings. The largest absolute Gasteiger partial charge is 0.392 e. The lowest BCUT2D eigenvalue weighted by Crippen LogP contribution is -2.29. The second-order valence-corrected chi connectivity index (χ2v) is 7.74. The quantitative estimate of drug-likeness (QED) is 0.674. The van der Waals surface area contributed by atoms with E-state index in [4.69, 9.17) is 5.73 Å². The molecule has 1 saturated carbocycles. The molecular formula is C20H24F2N2OS. The number of rotatable bonds is 6. The Bertz CT molecular complexity index is 748. The number of nitrogens with one attached hydrogen (secondary N) is 1. The van der Waals surface area contributed by atoms with Crippen LogP contribution in [0.5, 0.6) is 0 Å². The minimum Gasteiger partial charge on any atom is -0.392 e. The number of thioether (sulfide) groups is 1. The maximum absolute atomic E-state index is 13.8. The fourth-order valence-electron chi connectivity index (χ4n) is 3.55. The Morgan fingerprint density at radius 2 is 1.92 bits per heavy atom. The van der Waals surface area contributed by atoms with Crippen molar-refractivity contribution >= 4 is 11.8 Å². The maximum atomic E-state index is 13.8. The molecule has 4 N–H and O–H groups in total. The summed E-state index contributed by atoms with van der Waals surface area (Å²) in [7, 11) is 0. The van der Waals surface area contributed by atoms with Crippen LogP contribution in [0, 0.1) is 17.6 Å². The highest BCUT2D eigenvalue weighted by molar-refractivity contribution is 7.98. The highest BCUT2D eigenvalue weighted by Crippen LogP contribution is 2.29. The van der Waals surface area contributed by atoms with Gasteiger partial charge in [0.1, 0.15) is 0 Å². The second-order valence-electron chi connectivity index (χ2n) is 6.86. The van der Waals surface area contributed by atoms with E-state index >= 15 is 0 Å². The van der Waals surface area contributed by atoms with E-state index in [9.17, 15) is 13.9 Å². The van der Waals surface area contributed by atoms with E-state index in [1.807, 2.05) is 24.5 Å². The Labute approximate surface area is 157 Å². The van der Waals surface area contributed by atoms with E-state index in [-0.39, 0.29) is 18.0 Å². The van der Waals surface area contributed by atoms with Gasteiger partial charge < -0.3 is 16.2 Å². The summed E-state index contributed by atoms with van der Waals surface area (Å²) in [6.45, 7) is 0.651. The van der Waals surface area contributed by atoms with E-state index in [0.29, 0.717) is 18.5 Å². The molecule has 0 spiro atoms. The maximum Gasteiger partial charge on any atom is 0.159 e. The molecule has 1 fully saturated rings. The Kier molecular flexibility index (Phi) is 6.29. The fraction of sp³-hybridized carbons (Fsp3) is 0.400. The second kappa shape index (κ2) is 8.48. The molecule has 1 aliphatic carbocycles. The molecule has 3 nitrogen and oxygen atoms in total. The van der Waals surface area contributed by atoms with Gasteiger partial charge in [-0.25, -0.2) is 8.78 Å². The molecule has 0 aliphatic heterocycles. The van der Waals surface area contributed by atoms with Crippen LogP contribution in [0.1, 0.15) is 30.0 Å². The molecule has 1 unspecified atom stereocenters. The zero-order chi connectivity index (χ0) is 18.7. The molecule has 0 saturated heterocycles. The number of aliphatic hydroxyl groups excluding tert-OH is 1. The summed E-state index contributed by atoms with van der Waals surface area (Å²) < 4.78 is 27.1. The lowest BCUT2D eigenvalue weighted by atomic mass is 9.97. The summed E-state index contributed by atoms with van der Waals surface area (Å²) in [6, 6.07) is 11.6. The van der Waals surface area contributed by atoms with Crippen molar-refractivity contribution in [3.8, 4) is 0 Å². The third-order valence-corrected chi connectivity index (χ3v) is 5.71. The highest BCUT2D eigenvalue weighted by Gasteiger charge is 2.30. The van der Waals surface area contributed by atoms with Crippen LogP contribution in [-0.4, -0.2) is 30.1 Å². The van der Waals surface area contributed by atoms with Gasteiger partial charge in [-0.15, -0.1) is 11.8 Å². The molecule has 0 amide bonds. The van der Waals surface area contributed by atoms with Crippen LogP contribution in [0.2, 0.25) is 0 Å². The van der Waals surface area contributed by atoms with Crippen molar-refractivity contribution in [2.75, 3.05) is 12.8 Å². The van der Waals surface area contributed by atoms with Crippen molar-refractivity contribution in [2.24, 2.45) is 11.7 Å². The Morgan fingerprint density at radius 1 is 1.15 bits per heavy atom. The van der Waals surface area contributed by atoms with E-state index in [1.54, 1.807) is 17.8 Å². The van der Waals surface area contributed by atoms with E-state index in [1.165, 1.54) is 6.07 Å². The van der Waals surface area contributed by atoms with Gasteiger partial charge in [0.2, 0.25) is 0 Å². The summed E-state index contributed by atoms with van der Waals surface area (Å²) in [5, 5.41) is 13.3. The smallest absolute Gasteiger partial charge is 0.159 e. The van der Waals surface area contributed by atoms with Crippen LogP contribution in [0.4, 0.5) is 8.78 Å². The monoisotopic (exact) mass is 378 g/mol. The fourth-order valence-corrected chi connectivity index (χ4v) is 4.02. The summed E-state index contributed by atoms with van der Waals surface area (Å²) in [5.74, 6) is -1.44. The van der Waals surface area contributed by atoms with E-state index < -0.39 is 17.7 Å². The summed E-state index contributed by atoms with van der Waals surface area (Å²) in [4.78, 5) is 1.11. The molecule has 0 heterocycles. The molecule has 140 valence electrons. The molecule has 6 heteroatoms. The van der Waals surface area contributed by atoms with Crippen molar-refractivity contribution in [2.45, 2.75) is 35.9 Å². The van der Waals surface area contributed by atoms with Crippen molar-refractivity contribution < 1.29 is 13.9 Å². The van der Waals surface area contributed by atoms with Crippen LogP contribution in [0.25, 0.3) is 0 Å². The summed E-state index contributed by atoms with van der Waals surface area (Å²) in [5.41, 5.74) is 7.56. The number of hydrogen-bond acceptors (Lipinski definition) is 4. The van der Waals surface area contributed by atoms with Gasteiger partial charge in [-0.05, 0) is 67.0 Å². The third kappa shape index (κ3) is 4.43. The van der Waals surface area contributed by atoms with Crippen molar-refractivity contribution in [1.29, 1.82) is 0 Å². The van der Waals surface area contributed by atoms with Gasteiger partial charge >= 0.3 is 0 Å². The first-order valence-corrected chi connectivity index (χ1v) is 9.96. The molecule has 0 aromatic heterocycles. The lowest BCUT2D eigenvalue weighted by molar-refractivity contribution is 0.161. The van der Waals surface area contributed by atoms with Gasteiger partial charge in [0, 0.05) is 10.9 Å². The lowest BCUT2D eigenvalue weighted by Gasteiger charge is -2.23. The zero-order valence-electron chi connectivity index (χ0n) is 14.7. The zero-order valence-corrected chi connectivity index (χ0v) is 15.5. The normalized spacial score (nSPS) is 24.0. The summed E-state index contributed by atoms with van der Waals surface area (Å²) in [6.07, 6.45) is 2.94.